The molecule has 1 amide bonds. The fourth-order valence-corrected chi connectivity index (χ4v) is 7.08. The minimum Gasteiger partial charge on any atom is -0.341 e. The lowest BCUT2D eigenvalue weighted by atomic mass is 9.97. The Bertz CT molecular complexity index is 1040. The summed E-state index contributed by atoms with van der Waals surface area (Å²) in [6.07, 6.45) is 6.94. The Hall–Kier alpha value is -1.92. The lowest BCUT2D eigenvalue weighted by Gasteiger charge is -2.23. The molecule has 0 spiro atoms. The monoisotopic (exact) mass is 423 g/mol. The number of likely N-dealkylation sites (tertiary alicyclic amines) is 1. The number of carbonyl (C=O) groups excluding carboxylic acids is 1. The van der Waals surface area contributed by atoms with Crippen molar-refractivity contribution in [2.75, 3.05) is 13.1 Å². The van der Waals surface area contributed by atoms with Gasteiger partial charge >= 0.3 is 0 Å². The Morgan fingerprint density at radius 3 is 2.62 bits per heavy atom. The Morgan fingerprint density at radius 1 is 1.07 bits per heavy atom. The Labute approximate surface area is 179 Å². The molecule has 0 saturated carbocycles. The summed E-state index contributed by atoms with van der Waals surface area (Å²) in [5, 5.41) is 1.93. The third kappa shape index (κ3) is 3.68. The second-order valence-electron chi connectivity index (χ2n) is 7.91. The number of fused-ring (bicyclic) bond motifs is 3. The van der Waals surface area contributed by atoms with E-state index in [0.717, 1.165) is 60.0 Å². The Balaban J connectivity index is 1.59. The third-order valence-electron chi connectivity index (χ3n) is 5.87. The quantitative estimate of drug-likeness (QED) is 0.420. The number of rotatable bonds is 4. The van der Waals surface area contributed by atoms with Gasteiger partial charge in [-0.05, 0) is 56.6 Å². The molecule has 0 unspecified atom stereocenters. The second-order valence-corrected chi connectivity index (χ2v) is 10.1. The van der Waals surface area contributed by atoms with Gasteiger partial charge in [0.05, 0.1) is 0 Å². The summed E-state index contributed by atoms with van der Waals surface area (Å²) in [5.41, 5.74) is 2.49. The first-order valence-corrected chi connectivity index (χ1v) is 12.2. The normalized spacial score (nSPS) is 17.5. The molecule has 1 fully saturated rings. The fraction of sp³-hybridized carbons (Fsp3) is 0.435. The molecule has 2 aromatic heterocycles. The number of amides is 1. The fourth-order valence-electron chi connectivity index (χ4n) is 4.41. The summed E-state index contributed by atoms with van der Waals surface area (Å²) in [7, 11) is 0. The van der Waals surface area contributed by atoms with Gasteiger partial charge in [0.15, 0.2) is 0 Å². The highest BCUT2D eigenvalue weighted by molar-refractivity contribution is 8.00. The molecule has 0 radical (unpaired) electrons. The maximum Gasteiger partial charge on any atom is 0.240 e. The molecule has 1 saturated heterocycles. The summed E-state index contributed by atoms with van der Waals surface area (Å²) in [4.78, 5) is 27.6. The molecule has 3 aromatic rings. The number of carbonyl (C=O) groups is 1. The molecule has 1 aliphatic heterocycles. The molecule has 5 rings (SSSR count). The number of aryl methyl sites for hydroxylation is 3. The third-order valence-corrected chi connectivity index (χ3v) is 8.28. The van der Waals surface area contributed by atoms with Crippen LogP contribution >= 0.6 is 23.1 Å². The van der Waals surface area contributed by atoms with Crippen LogP contribution in [0.5, 0.6) is 0 Å². The van der Waals surface area contributed by atoms with Gasteiger partial charge in [-0.15, -0.1) is 11.3 Å². The van der Waals surface area contributed by atoms with Gasteiger partial charge < -0.3 is 4.90 Å². The van der Waals surface area contributed by atoms with Gasteiger partial charge in [-0.1, -0.05) is 42.1 Å². The first-order valence-electron chi connectivity index (χ1n) is 10.5. The zero-order chi connectivity index (χ0) is 19.8. The molecule has 1 atom stereocenters. The molecule has 1 aliphatic carbocycles. The second kappa shape index (κ2) is 8.07. The molecular weight excluding hydrogens is 398 g/mol. The van der Waals surface area contributed by atoms with Crippen LogP contribution in [-0.2, 0) is 17.6 Å². The van der Waals surface area contributed by atoms with E-state index in [1.807, 2.05) is 41.4 Å². The van der Waals surface area contributed by atoms with E-state index in [2.05, 4.69) is 12.1 Å². The standard InChI is InChI=1S/C23H25N3OS2/c1-15-24-21-19(17-11-5-6-12-18(17)28-21)22(25-15)29-20(16-9-3-2-4-10-16)23(27)26-13-7-8-14-26/h2-4,9-10,20H,5-8,11-14H2,1H3/t20-/m0/s1. The van der Waals surface area contributed by atoms with Crippen LogP contribution in [0, 0.1) is 6.92 Å². The number of thioether (sulfide) groups is 1. The van der Waals surface area contributed by atoms with Crippen molar-refractivity contribution in [3.63, 3.8) is 0 Å². The number of thiophene rings is 1. The molecule has 29 heavy (non-hydrogen) atoms. The zero-order valence-corrected chi connectivity index (χ0v) is 18.3. The van der Waals surface area contributed by atoms with Crippen LogP contribution < -0.4 is 0 Å². The maximum atomic E-state index is 13.5. The average Bonchev–Trinajstić information content (AvgIpc) is 3.39. The predicted molar refractivity (Wildman–Crippen MR) is 120 cm³/mol. The van der Waals surface area contributed by atoms with Crippen molar-refractivity contribution in [3.05, 3.63) is 52.2 Å². The van der Waals surface area contributed by atoms with Crippen molar-refractivity contribution in [1.29, 1.82) is 0 Å². The molecule has 4 nitrogen and oxygen atoms in total. The van der Waals surface area contributed by atoms with E-state index in [1.165, 1.54) is 28.7 Å². The average molecular weight is 424 g/mol. The molecule has 150 valence electrons. The zero-order valence-electron chi connectivity index (χ0n) is 16.7. The molecule has 0 N–H and O–H groups in total. The van der Waals surface area contributed by atoms with Gasteiger partial charge in [0.1, 0.15) is 20.9 Å². The summed E-state index contributed by atoms with van der Waals surface area (Å²) in [6, 6.07) is 10.2. The first-order chi connectivity index (χ1) is 14.2. The molecular formula is C23H25N3OS2. The lowest BCUT2D eigenvalue weighted by Crippen LogP contribution is -2.31. The van der Waals surface area contributed by atoms with Gasteiger partial charge in [-0.2, -0.15) is 0 Å². The highest BCUT2D eigenvalue weighted by Crippen LogP contribution is 2.44. The van der Waals surface area contributed by atoms with Gasteiger partial charge in [-0.25, -0.2) is 9.97 Å². The highest BCUT2D eigenvalue weighted by atomic mass is 32.2. The Kier molecular flexibility index (Phi) is 5.31. The molecule has 1 aromatic carbocycles. The number of aromatic nitrogens is 2. The van der Waals surface area contributed by atoms with Crippen molar-refractivity contribution in [2.24, 2.45) is 0 Å². The number of hydrogen-bond donors (Lipinski definition) is 0. The summed E-state index contributed by atoms with van der Waals surface area (Å²) < 4.78 is 0. The lowest BCUT2D eigenvalue weighted by molar-refractivity contribution is -0.129. The molecule has 3 heterocycles. The van der Waals surface area contributed by atoms with Crippen LogP contribution in [0.4, 0.5) is 0 Å². The number of hydrogen-bond acceptors (Lipinski definition) is 5. The van der Waals surface area contributed by atoms with Crippen LogP contribution in [0.15, 0.2) is 35.4 Å². The highest BCUT2D eigenvalue weighted by Gasteiger charge is 2.31. The predicted octanol–water partition coefficient (Wildman–Crippen LogP) is 5.33. The van der Waals surface area contributed by atoms with Gasteiger partial charge in [0, 0.05) is 23.4 Å². The van der Waals surface area contributed by atoms with Crippen LogP contribution in [0.1, 0.15) is 52.8 Å². The summed E-state index contributed by atoms with van der Waals surface area (Å²) in [5.74, 6) is 1.01. The molecule has 2 aliphatic rings. The largest absolute Gasteiger partial charge is 0.341 e. The maximum absolute atomic E-state index is 13.5. The van der Waals surface area contributed by atoms with E-state index in [-0.39, 0.29) is 11.2 Å². The van der Waals surface area contributed by atoms with Crippen LogP contribution in [0.3, 0.4) is 0 Å². The van der Waals surface area contributed by atoms with Crippen molar-refractivity contribution in [2.45, 2.75) is 55.7 Å². The van der Waals surface area contributed by atoms with Gasteiger partial charge in [-0.3, -0.25) is 4.79 Å². The van der Waals surface area contributed by atoms with Crippen LogP contribution in [0.25, 0.3) is 10.2 Å². The SMILES string of the molecule is Cc1nc(S[C@H](C(=O)N2CCCC2)c2ccccc2)c2c3c(sc2n1)CCCC3. The van der Waals surface area contributed by atoms with Crippen molar-refractivity contribution >= 4 is 39.2 Å². The minimum absolute atomic E-state index is 0.215. The Morgan fingerprint density at radius 2 is 1.83 bits per heavy atom. The van der Waals surface area contributed by atoms with Crippen molar-refractivity contribution < 1.29 is 4.79 Å². The number of nitrogens with zero attached hydrogens (tertiary/aromatic N) is 3. The van der Waals surface area contributed by atoms with E-state index < -0.39 is 0 Å². The van der Waals surface area contributed by atoms with Crippen molar-refractivity contribution in [3.8, 4) is 0 Å². The van der Waals surface area contributed by atoms with Crippen LogP contribution in [0.2, 0.25) is 0 Å². The first kappa shape index (κ1) is 19.1. The number of benzene rings is 1. The summed E-state index contributed by atoms with van der Waals surface area (Å²) >= 11 is 3.45. The van der Waals surface area contributed by atoms with E-state index in [0.29, 0.717) is 0 Å². The van der Waals surface area contributed by atoms with E-state index in [1.54, 1.807) is 11.8 Å². The molecule has 0 bridgehead atoms. The van der Waals surface area contributed by atoms with Gasteiger partial charge in [0.2, 0.25) is 5.91 Å². The van der Waals surface area contributed by atoms with E-state index in [4.69, 9.17) is 9.97 Å². The van der Waals surface area contributed by atoms with E-state index >= 15 is 0 Å². The van der Waals surface area contributed by atoms with Crippen molar-refractivity contribution in [1.82, 2.24) is 14.9 Å². The van der Waals surface area contributed by atoms with Crippen LogP contribution in [-0.4, -0.2) is 33.9 Å². The van der Waals surface area contributed by atoms with E-state index in [9.17, 15) is 4.79 Å². The minimum atomic E-state index is -0.258. The molecule has 6 heteroatoms. The van der Waals surface area contributed by atoms with Gasteiger partial charge in [0.25, 0.3) is 0 Å². The topological polar surface area (TPSA) is 46.1 Å². The summed E-state index contributed by atoms with van der Waals surface area (Å²) in [6.45, 7) is 3.70. The smallest absolute Gasteiger partial charge is 0.240 e.